The summed E-state index contributed by atoms with van der Waals surface area (Å²) in [6, 6.07) is -0.877. The zero-order chi connectivity index (χ0) is 27.6. The first-order valence-electron chi connectivity index (χ1n) is 13.5. The molecular formula is C26H34F3N5O4. The molecule has 0 aromatic heterocycles. The van der Waals surface area contributed by atoms with E-state index < -0.39 is 53.4 Å². The van der Waals surface area contributed by atoms with Gasteiger partial charge in [0.15, 0.2) is 0 Å². The van der Waals surface area contributed by atoms with Gasteiger partial charge in [0.05, 0.1) is 6.07 Å². The number of hydrogen-bond donors (Lipinski definition) is 3. The van der Waals surface area contributed by atoms with Crippen molar-refractivity contribution in [2.45, 2.75) is 83.1 Å². The number of likely N-dealkylation sites (tertiary alicyclic amines) is 1. The lowest BCUT2D eigenvalue weighted by atomic mass is 9.91. The average molecular weight is 538 g/mol. The molecule has 0 unspecified atom stereocenters. The molecule has 3 N–H and O–H groups in total. The number of amides is 4. The molecule has 2 heterocycles. The van der Waals surface area contributed by atoms with Crippen LogP contribution >= 0.6 is 0 Å². The van der Waals surface area contributed by atoms with Gasteiger partial charge in [-0.3, -0.25) is 19.2 Å². The van der Waals surface area contributed by atoms with Gasteiger partial charge in [-0.15, -0.1) is 0 Å². The van der Waals surface area contributed by atoms with Gasteiger partial charge in [-0.25, -0.2) is 0 Å². The summed E-state index contributed by atoms with van der Waals surface area (Å²) in [7, 11) is 0. The van der Waals surface area contributed by atoms with Crippen molar-refractivity contribution >= 4 is 23.6 Å². The molecule has 2 aliphatic heterocycles. The van der Waals surface area contributed by atoms with E-state index in [2.05, 4.69) is 22.0 Å². The number of nitriles is 1. The van der Waals surface area contributed by atoms with Crippen molar-refractivity contribution < 1.29 is 32.3 Å². The predicted octanol–water partition coefficient (Wildman–Crippen LogP) is 1.63. The smallest absolute Gasteiger partial charge is 0.356 e. The minimum absolute atomic E-state index is 0.0346. The highest BCUT2D eigenvalue weighted by molar-refractivity contribution is 5.95. The van der Waals surface area contributed by atoms with Crippen molar-refractivity contribution in [3.8, 4) is 6.07 Å². The maximum Gasteiger partial charge on any atom is 0.403 e. The SMILES string of the molecule is CC1(C)[C@@H]2[C@@H](C(=O)N[C@H](C#N)C[C@@H]3CCCNC3=O)N(C(=O)[C@@H](NC(=O)C3(C(F)(F)F)CC3)C3CC3)C[C@@H]21. The van der Waals surface area contributed by atoms with E-state index in [1.165, 1.54) is 4.90 Å². The summed E-state index contributed by atoms with van der Waals surface area (Å²) in [4.78, 5) is 53.4. The maximum absolute atomic E-state index is 13.7. The number of rotatable bonds is 8. The molecule has 38 heavy (non-hydrogen) atoms. The summed E-state index contributed by atoms with van der Waals surface area (Å²) < 4.78 is 40.5. The third kappa shape index (κ3) is 4.51. The second-order valence-electron chi connectivity index (χ2n) is 12.3. The quantitative estimate of drug-likeness (QED) is 0.433. The van der Waals surface area contributed by atoms with Crippen LogP contribution in [-0.2, 0) is 19.2 Å². The number of fused-ring (bicyclic) bond motifs is 1. The Morgan fingerprint density at radius 2 is 1.87 bits per heavy atom. The molecule has 0 spiro atoms. The molecule has 3 saturated carbocycles. The largest absolute Gasteiger partial charge is 0.403 e. The summed E-state index contributed by atoms with van der Waals surface area (Å²) in [6.45, 7) is 4.84. The van der Waals surface area contributed by atoms with E-state index in [4.69, 9.17) is 0 Å². The van der Waals surface area contributed by atoms with Gasteiger partial charge < -0.3 is 20.9 Å². The van der Waals surface area contributed by atoms with Crippen molar-refractivity contribution in [3.63, 3.8) is 0 Å². The summed E-state index contributed by atoms with van der Waals surface area (Å²) in [5.74, 6) is -3.15. The second-order valence-corrected chi connectivity index (χ2v) is 12.3. The molecule has 4 amide bonds. The molecule has 2 saturated heterocycles. The van der Waals surface area contributed by atoms with E-state index >= 15 is 0 Å². The number of carbonyl (C=O) groups excluding carboxylic acids is 4. The first-order chi connectivity index (χ1) is 17.8. The van der Waals surface area contributed by atoms with E-state index in [-0.39, 0.29) is 54.9 Å². The van der Waals surface area contributed by atoms with E-state index in [0.29, 0.717) is 25.8 Å². The Morgan fingerprint density at radius 3 is 2.42 bits per heavy atom. The van der Waals surface area contributed by atoms with Crippen LogP contribution < -0.4 is 16.0 Å². The number of nitrogens with one attached hydrogen (secondary N) is 3. The van der Waals surface area contributed by atoms with Gasteiger partial charge in [-0.2, -0.15) is 18.4 Å². The van der Waals surface area contributed by atoms with Crippen LogP contribution in [-0.4, -0.2) is 65.9 Å². The molecule has 0 aromatic rings. The van der Waals surface area contributed by atoms with Gasteiger partial charge in [0, 0.05) is 19.0 Å². The van der Waals surface area contributed by atoms with Crippen LogP contribution in [0.5, 0.6) is 0 Å². The highest BCUT2D eigenvalue weighted by Crippen LogP contribution is 2.65. The molecule has 5 fully saturated rings. The standard InChI is InChI=1S/C26H34F3N5O4/c1-24(2)16-12-34(22(37)18(13-5-6-13)33-23(38)25(7-8-25)26(27,28)29)19(17(16)24)21(36)32-15(11-30)10-14-4-3-9-31-20(14)35/h13-19H,3-10,12H2,1-2H3,(H,31,35)(H,32,36)(H,33,38)/t14-,15-,16-,17-,18-,19-/m0/s1. The average Bonchev–Trinajstić information content (AvgIpc) is 3.78. The first kappa shape index (κ1) is 26.8. The molecule has 0 aromatic carbocycles. The monoisotopic (exact) mass is 537 g/mol. The van der Waals surface area contributed by atoms with Crippen LogP contribution in [0.3, 0.4) is 0 Å². The minimum Gasteiger partial charge on any atom is -0.356 e. The maximum atomic E-state index is 13.7. The summed E-state index contributed by atoms with van der Waals surface area (Å²) in [6.07, 6.45) is -2.49. The molecule has 3 aliphatic carbocycles. The molecule has 5 aliphatic rings. The minimum atomic E-state index is -4.68. The highest BCUT2D eigenvalue weighted by atomic mass is 19.4. The molecule has 0 bridgehead atoms. The number of hydrogen-bond acceptors (Lipinski definition) is 5. The van der Waals surface area contributed by atoms with Crippen molar-refractivity contribution in [1.29, 1.82) is 5.26 Å². The van der Waals surface area contributed by atoms with Crippen molar-refractivity contribution in [1.82, 2.24) is 20.9 Å². The lowest BCUT2D eigenvalue weighted by Crippen LogP contribution is -2.58. The Balaban J connectivity index is 1.30. The molecular weight excluding hydrogens is 503 g/mol. The second kappa shape index (κ2) is 9.12. The number of carbonyl (C=O) groups is 4. The Bertz CT molecular complexity index is 1080. The van der Waals surface area contributed by atoms with Crippen LogP contribution in [0.15, 0.2) is 0 Å². The molecule has 6 atom stereocenters. The van der Waals surface area contributed by atoms with Gasteiger partial charge in [-0.1, -0.05) is 13.8 Å². The fourth-order valence-corrected chi connectivity index (χ4v) is 6.59. The number of alkyl halides is 3. The third-order valence-electron chi connectivity index (χ3n) is 9.53. The molecule has 208 valence electrons. The topological polar surface area (TPSA) is 131 Å². The number of piperidine rings is 2. The fourth-order valence-electron chi connectivity index (χ4n) is 6.59. The zero-order valence-electron chi connectivity index (χ0n) is 21.6. The van der Waals surface area contributed by atoms with Gasteiger partial charge in [0.2, 0.25) is 23.6 Å². The Hall–Kier alpha value is -2.84. The van der Waals surface area contributed by atoms with Crippen LogP contribution in [0, 0.1) is 45.8 Å². The number of halogens is 3. The van der Waals surface area contributed by atoms with E-state index in [0.717, 1.165) is 6.42 Å². The van der Waals surface area contributed by atoms with Crippen molar-refractivity contribution in [2.75, 3.05) is 13.1 Å². The van der Waals surface area contributed by atoms with Gasteiger partial charge in [-0.05, 0) is 68.1 Å². The molecule has 5 rings (SSSR count). The van der Waals surface area contributed by atoms with E-state index in [9.17, 15) is 37.6 Å². The zero-order valence-corrected chi connectivity index (χ0v) is 21.6. The molecule has 12 heteroatoms. The Kier molecular flexibility index (Phi) is 6.42. The highest BCUT2D eigenvalue weighted by Gasteiger charge is 2.71. The summed E-state index contributed by atoms with van der Waals surface area (Å²) in [5.41, 5.74) is -2.64. The molecule has 9 nitrogen and oxygen atoms in total. The summed E-state index contributed by atoms with van der Waals surface area (Å²) in [5, 5.41) is 17.6. The normalized spacial score (nSPS) is 32.2. The Labute approximate surface area is 219 Å². The van der Waals surface area contributed by atoms with E-state index in [1.54, 1.807) is 0 Å². The van der Waals surface area contributed by atoms with Crippen LogP contribution in [0.4, 0.5) is 13.2 Å². The summed E-state index contributed by atoms with van der Waals surface area (Å²) >= 11 is 0. The lowest BCUT2D eigenvalue weighted by molar-refractivity contribution is -0.193. The number of nitrogens with zero attached hydrogens (tertiary/aromatic N) is 2. The van der Waals surface area contributed by atoms with Gasteiger partial charge in [0.25, 0.3) is 0 Å². The van der Waals surface area contributed by atoms with Crippen molar-refractivity contribution in [2.24, 2.45) is 34.5 Å². The first-order valence-corrected chi connectivity index (χ1v) is 13.5. The van der Waals surface area contributed by atoms with Crippen molar-refractivity contribution in [3.05, 3.63) is 0 Å². The van der Waals surface area contributed by atoms with E-state index in [1.807, 2.05) is 13.8 Å². The van der Waals surface area contributed by atoms with Gasteiger partial charge in [0.1, 0.15) is 23.5 Å². The van der Waals surface area contributed by atoms with Crippen LogP contribution in [0.2, 0.25) is 0 Å². The fraction of sp³-hybridized carbons (Fsp3) is 0.808. The third-order valence-corrected chi connectivity index (χ3v) is 9.53. The van der Waals surface area contributed by atoms with Crippen LogP contribution in [0.25, 0.3) is 0 Å². The lowest BCUT2D eigenvalue weighted by Gasteiger charge is -2.34. The molecule has 0 radical (unpaired) electrons. The van der Waals surface area contributed by atoms with Gasteiger partial charge >= 0.3 is 6.18 Å². The van der Waals surface area contributed by atoms with Crippen LogP contribution in [0.1, 0.15) is 58.8 Å². The Morgan fingerprint density at radius 1 is 1.18 bits per heavy atom. The predicted molar refractivity (Wildman–Crippen MR) is 127 cm³/mol.